The predicted molar refractivity (Wildman–Crippen MR) is 105 cm³/mol. The number of nitro benzene ring substituents is 1. The lowest BCUT2D eigenvalue weighted by molar-refractivity contribution is -0.385. The highest BCUT2D eigenvalue weighted by Gasteiger charge is 2.18. The number of hydrazone groups is 1. The van der Waals surface area contributed by atoms with Gasteiger partial charge in [-0.15, -0.1) is 6.58 Å². The Bertz CT molecular complexity index is 1070. The molecule has 0 saturated heterocycles. The van der Waals surface area contributed by atoms with Crippen molar-refractivity contribution in [2.45, 2.75) is 13.5 Å². The number of fused-ring (bicyclic) bond motifs is 1. The molecule has 0 fully saturated rings. The molecule has 0 saturated carbocycles. The number of hydrogen-bond acceptors (Lipinski definition) is 4. The highest BCUT2D eigenvalue weighted by molar-refractivity contribution is 6.02. The molecule has 7 heteroatoms. The third-order valence-electron chi connectivity index (χ3n) is 4.30. The smallest absolute Gasteiger partial charge is 0.282 e. The first-order chi connectivity index (χ1) is 13.0. The third kappa shape index (κ3) is 3.48. The summed E-state index contributed by atoms with van der Waals surface area (Å²) in [6.07, 6.45) is 3.38. The van der Waals surface area contributed by atoms with Gasteiger partial charge in [-0.3, -0.25) is 14.9 Å². The van der Waals surface area contributed by atoms with E-state index in [0.717, 1.165) is 22.2 Å². The second-order valence-corrected chi connectivity index (χ2v) is 5.89. The second-order valence-electron chi connectivity index (χ2n) is 5.89. The molecule has 3 aromatic rings. The van der Waals surface area contributed by atoms with Crippen LogP contribution in [0.2, 0.25) is 0 Å². The average molecular weight is 362 g/mol. The maximum atomic E-state index is 12.3. The number of rotatable bonds is 6. The van der Waals surface area contributed by atoms with Gasteiger partial charge in [0.15, 0.2) is 0 Å². The van der Waals surface area contributed by atoms with Crippen LogP contribution in [-0.4, -0.2) is 21.6 Å². The van der Waals surface area contributed by atoms with Crippen LogP contribution in [0.3, 0.4) is 0 Å². The van der Waals surface area contributed by atoms with Gasteiger partial charge in [-0.25, -0.2) is 5.43 Å². The molecule has 0 radical (unpaired) electrons. The van der Waals surface area contributed by atoms with Gasteiger partial charge in [-0.05, 0) is 19.1 Å². The van der Waals surface area contributed by atoms with E-state index in [2.05, 4.69) is 21.7 Å². The van der Waals surface area contributed by atoms with Crippen molar-refractivity contribution in [1.29, 1.82) is 0 Å². The van der Waals surface area contributed by atoms with E-state index in [0.29, 0.717) is 6.54 Å². The van der Waals surface area contributed by atoms with Crippen molar-refractivity contribution in [3.63, 3.8) is 0 Å². The van der Waals surface area contributed by atoms with E-state index in [-0.39, 0.29) is 11.3 Å². The lowest BCUT2D eigenvalue weighted by Gasteiger charge is -2.04. The summed E-state index contributed by atoms with van der Waals surface area (Å²) in [5.41, 5.74) is 4.98. The first-order valence-corrected chi connectivity index (χ1v) is 8.30. The Hall–Kier alpha value is -3.74. The van der Waals surface area contributed by atoms with Crippen molar-refractivity contribution in [2.75, 3.05) is 0 Å². The van der Waals surface area contributed by atoms with Gasteiger partial charge in [0.2, 0.25) is 0 Å². The zero-order valence-electron chi connectivity index (χ0n) is 14.8. The largest absolute Gasteiger partial charge is 0.340 e. The first-order valence-electron chi connectivity index (χ1n) is 8.30. The molecule has 1 heterocycles. The number of nitrogens with zero attached hydrogens (tertiary/aromatic N) is 3. The fourth-order valence-electron chi connectivity index (χ4n) is 3.03. The van der Waals surface area contributed by atoms with Gasteiger partial charge in [0, 0.05) is 34.8 Å². The summed E-state index contributed by atoms with van der Waals surface area (Å²) >= 11 is 0. The fraction of sp³-hybridized carbons (Fsp3) is 0.100. The van der Waals surface area contributed by atoms with Gasteiger partial charge >= 0.3 is 0 Å². The van der Waals surface area contributed by atoms with Crippen LogP contribution in [0.1, 0.15) is 21.6 Å². The molecular formula is C20H18N4O3. The summed E-state index contributed by atoms with van der Waals surface area (Å²) in [4.78, 5) is 22.7. The summed E-state index contributed by atoms with van der Waals surface area (Å²) in [6.45, 7) is 6.41. The first kappa shape index (κ1) is 18.1. The SMILES string of the molecule is C=CCn1c(C)c(/C=N\NC(=O)c2ccccc2[N+](=O)[O-])c2ccccc21. The van der Waals surface area contributed by atoms with Gasteiger partial charge in [0.25, 0.3) is 11.6 Å². The molecule has 0 aliphatic heterocycles. The normalized spacial score (nSPS) is 11.0. The van der Waals surface area contributed by atoms with Crippen LogP contribution in [0.15, 0.2) is 66.3 Å². The number of aromatic nitrogens is 1. The quantitative estimate of drug-likeness (QED) is 0.313. The molecule has 0 unspecified atom stereocenters. The van der Waals surface area contributed by atoms with Crippen LogP contribution >= 0.6 is 0 Å². The standard InChI is InChI=1S/C20H18N4O3/c1-3-12-23-14(2)17(15-8-4-6-10-18(15)23)13-21-22-20(25)16-9-5-7-11-19(16)24(26)27/h3-11,13H,1,12H2,2H3,(H,22,25)/b21-13-. The predicted octanol–water partition coefficient (Wildman–Crippen LogP) is 3.81. The summed E-state index contributed by atoms with van der Waals surface area (Å²) in [6, 6.07) is 13.6. The second kappa shape index (κ2) is 7.65. The van der Waals surface area contributed by atoms with Gasteiger partial charge in [0.1, 0.15) is 5.56 Å². The monoisotopic (exact) mass is 362 g/mol. The topological polar surface area (TPSA) is 89.5 Å². The number of carbonyl (C=O) groups excluding carboxylic acids is 1. The molecule has 1 amide bonds. The van der Waals surface area contributed by atoms with Crippen molar-refractivity contribution in [3.8, 4) is 0 Å². The van der Waals surface area contributed by atoms with Crippen molar-refractivity contribution in [3.05, 3.63) is 88.1 Å². The molecule has 7 nitrogen and oxygen atoms in total. The molecule has 2 aromatic carbocycles. The molecule has 27 heavy (non-hydrogen) atoms. The number of amides is 1. The van der Waals surface area contributed by atoms with Crippen molar-refractivity contribution < 1.29 is 9.72 Å². The number of allylic oxidation sites excluding steroid dienone is 1. The van der Waals surface area contributed by atoms with E-state index in [9.17, 15) is 14.9 Å². The lowest BCUT2D eigenvalue weighted by atomic mass is 10.1. The van der Waals surface area contributed by atoms with Crippen LogP contribution in [0.5, 0.6) is 0 Å². The third-order valence-corrected chi connectivity index (χ3v) is 4.30. The molecule has 0 atom stereocenters. The van der Waals surface area contributed by atoms with Crippen molar-refractivity contribution in [1.82, 2.24) is 9.99 Å². The van der Waals surface area contributed by atoms with Gasteiger partial charge in [-0.2, -0.15) is 5.10 Å². The van der Waals surface area contributed by atoms with Crippen LogP contribution in [0.4, 0.5) is 5.69 Å². The van der Waals surface area contributed by atoms with Gasteiger partial charge in [-0.1, -0.05) is 36.4 Å². The number of benzene rings is 2. The maximum absolute atomic E-state index is 12.3. The highest BCUT2D eigenvalue weighted by Crippen LogP contribution is 2.24. The van der Waals surface area contributed by atoms with Crippen LogP contribution in [-0.2, 0) is 6.54 Å². The van der Waals surface area contributed by atoms with E-state index in [4.69, 9.17) is 0 Å². The molecule has 136 valence electrons. The van der Waals surface area contributed by atoms with E-state index in [1.165, 1.54) is 18.2 Å². The van der Waals surface area contributed by atoms with E-state index >= 15 is 0 Å². The number of para-hydroxylation sites is 2. The number of nitrogens with one attached hydrogen (secondary N) is 1. The molecule has 3 rings (SSSR count). The number of carbonyl (C=O) groups is 1. The molecule has 1 N–H and O–H groups in total. The summed E-state index contributed by atoms with van der Waals surface area (Å²) in [7, 11) is 0. The van der Waals surface area contributed by atoms with Crippen LogP contribution < -0.4 is 5.43 Å². The Morgan fingerprint density at radius 3 is 2.70 bits per heavy atom. The Kier molecular flexibility index (Phi) is 5.12. The van der Waals surface area contributed by atoms with Crippen LogP contribution in [0.25, 0.3) is 10.9 Å². The zero-order valence-corrected chi connectivity index (χ0v) is 14.8. The Morgan fingerprint density at radius 2 is 1.96 bits per heavy atom. The highest BCUT2D eigenvalue weighted by atomic mass is 16.6. The Labute approximate surface area is 155 Å². The summed E-state index contributed by atoms with van der Waals surface area (Å²) < 4.78 is 2.10. The average Bonchev–Trinajstić information content (AvgIpc) is 2.94. The van der Waals surface area contributed by atoms with Crippen molar-refractivity contribution in [2.24, 2.45) is 5.10 Å². The molecule has 0 bridgehead atoms. The summed E-state index contributed by atoms with van der Waals surface area (Å²) in [5.74, 6) is -0.633. The molecule has 0 spiro atoms. The molecule has 0 aliphatic carbocycles. The zero-order chi connectivity index (χ0) is 19.4. The number of nitro groups is 1. The van der Waals surface area contributed by atoms with Gasteiger partial charge < -0.3 is 4.57 Å². The van der Waals surface area contributed by atoms with Gasteiger partial charge in [0.05, 0.1) is 11.1 Å². The molecule has 1 aromatic heterocycles. The van der Waals surface area contributed by atoms with E-state index in [1.807, 2.05) is 37.3 Å². The Morgan fingerprint density at radius 1 is 1.26 bits per heavy atom. The minimum absolute atomic E-state index is 0.0366. The minimum atomic E-state index is -0.633. The van der Waals surface area contributed by atoms with Crippen molar-refractivity contribution >= 4 is 28.7 Å². The van der Waals surface area contributed by atoms with E-state index < -0.39 is 10.8 Å². The fourth-order valence-corrected chi connectivity index (χ4v) is 3.03. The minimum Gasteiger partial charge on any atom is -0.340 e. The Balaban J connectivity index is 1.89. The van der Waals surface area contributed by atoms with E-state index in [1.54, 1.807) is 12.3 Å². The summed E-state index contributed by atoms with van der Waals surface area (Å²) in [5, 5.41) is 16.1. The lowest BCUT2D eigenvalue weighted by Crippen LogP contribution is -2.19. The van der Waals surface area contributed by atoms with Crippen LogP contribution in [0, 0.1) is 17.0 Å². The molecule has 0 aliphatic rings. The number of hydrogen-bond donors (Lipinski definition) is 1. The molecular weight excluding hydrogens is 344 g/mol. The maximum Gasteiger partial charge on any atom is 0.282 e.